The van der Waals surface area contributed by atoms with Gasteiger partial charge in [-0.3, -0.25) is 0 Å². The summed E-state index contributed by atoms with van der Waals surface area (Å²) in [5.74, 6) is 1.32. The van der Waals surface area contributed by atoms with E-state index < -0.39 is 0 Å². The largest absolute Gasteiger partial charge is 0.495 e. The Bertz CT molecular complexity index is 336. The van der Waals surface area contributed by atoms with Crippen LogP contribution in [0.4, 0.5) is 0 Å². The first-order chi connectivity index (χ1) is 6.74. The van der Waals surface area contributed by atoms with Gasteiger partial charge in [-0.25, -0.2) is 0 Å². The average Bonchev–Trinajstić information content (AvgIpc) is 3.00. The molecule has 0 aromatic heterocycles. The summed E-state index contributed by atoms with van der Waals surface area (Å²) in [6.45, 7) is 0. The Hall–Kier alpha value is -0.730. The van der Waals surface area contributed by atoms with Crippen LogP contribution in [0.3, 0.4) is 0 Å². The summed E-state index contributed by atoms with van der Waals surface area (Å²) in [6.07, 6.45) is 2.43. The topological polar surface area (TPSA) is 35.2 Å². The third kappa shape index (κ3) is 1.72. The molecule has 2 N–H and O–H groups in total. The van der Waals surface area contributed by atoms with Crippen LogP contribution in [-0.4, -0.2) is 7.11 Å². The number of benzene rings is 1. The van der Waals surface area contributed by atoms with Crippen molar-refractivity contribution in [1.29, 1.82) is 0 Å². The molecule has 1 atom stereocenters. The number of rotatable bonds is 3. The van der Waals surface area contributed by atoms with E-state index in [1.165, 1.54) is 12.8 Å². The summed E-state index contributed by atoms with van der Waals surface area (Å²) < 4.78 is 5.15. The first kappa shape index (κ1) is 9.81. The van der Waals surface area contributed by atoms with E-state index in [1.807, 2.05) is 18.2 Å². The molecule has 0 saturated heterocycles. The average molecular weight is 212 g/mol. The molecule has 1 fully saturated rings. The van der Waals surface area contributed by atoms with Gasteiger partial charge in [-0.2, -0.15) is 0 Å². The molecule has 1 unspecified atom stereocenters. The number of hydrogen-bond acceptors (Lipinski definition) is 2. The lowest BCUT2D eigenvalue weighted by molar-refractivity contribution is 0.413. The molecule has 2 nitrogen and oxygen atoms in total. The van der Waals surface area contributed by atoms with Gasteiger partial charge in [-0.05, 0) is 30.4 Å². The second-order valence-electron chi connectivity index (χ2n) is 3.73. The van der Waals surface area contributed by atoms with E-state index in [9.17, 15) is 0 Å². The molecule has 0 bridgehead atoms. The van der Waals surface area contributed by atoms with Gasteiger partial charge in [0.1, 0.15) is 5.75 Å². The third-order valence-corrected chi connectivity index (χ3v) is 3.11. The molecule has 14 heavy (non-hydrogen) atoms. The Kier molecular flexibility index (Phi) is 2.66. The summed E-state index contributed by atoms with van der Waals surface area (Å²) in [4.78, 5) is 0. The van der Waals surface area contributed by atoms with E-state index >= 15 is 0 Å². The molecule has 0 heterocycles. The Labute approximate surface area is 89.0 Å². The number of nitrogens with two attached hydrogens (primary N) is 1. The summed E-state index contributed by atoms with van der Waals surface area (Å²) >= 11 is 6.17. The molecular formula is C11H14ClNO. The minimum absolute atomic E-state index is 0.0672. The zero-order valence-electron chi connectivity index (χ0n) is 8.16. The van der Waals surface area contributed by atoms with Gasteiger partial charge in [0.25, 0.3) is 0 Å². The van der Waals surface area contributed by atoms with Crippen LogP contribution < -0.4 is 10.5 Å². The van der Waals surface area contributed by atoms with Crippen molar-refractivity contribution in [3.05, 3.63) is 28.8 Å². The first-order valence-electron chi connectivity index (χ1n) is 4.82. The van der Waals surface area contributed by atoms with Crippen molar-refractivity contribution in [3.8, 4) is 5.75 Å². The second kappa shape index (κ2) is 3.79. The zero-order chi connectivity index (χ0) is 10.1. The quantitative estimate of drug-likeness (QED) is 0.835. The third-order valence-electron chi connectivity index (χ3n) is 2.70. The van der Waals surface area contributed by atoms with Crippen LogP contribution >= 0.6 is 11.6 Å². The van der Waals surface area contributed by atoms with Crippen LogP contribution in [0.5, 0.6) is 5.75 Å². The fourth-order valence-corrected chi connectivity index (χ4v) is 1.98. The first-order valence-corrected chi connectivity index (χ1v) is 5.20. The molecule has 1 aliphatic carbocycles. The van der Waals surface area contributed by atoms with Gasteiger partial charge in [0, 0.05) is 6.04 Å². The molecule has 1 aromatic rings. The van der Waals surface area contributed by atoms with E-state index in [2.05, 4.69) is 0 Å². The SMILES string of the molecule is COc1cccc(C(N)C2CC2)c1Cl. The molecule has 1 aliphatic rings. The van der Waals surface area contributed by atoms with Crippen molar-refractivity contribution < 1.29 is 4.74 Å². The van der Waals surface area contributed by atoms with Gasteiger partial charge in [0.05, 0.1) is 12.1 Å². The molecule has 1 saturated carbocycles. The smallest absolute Gasteiger partial charge is 0.137 e. The van der Waals surface area contributed by atoms with Crippen LogP contribution in [0.25, 0.3) is 0 Å². The van der Waals surface area contributed by atoms with Gasteiger partial charge < -0.3 is 10.5 Å². The maximum Gasteiger partial charge on any atom is 0.137 e. The Morgan fingerprint density at radius 3 is 2.79 bits per heavy atom. The predicted octanol–water partition coefficient (Wildman–Crippen LogP) is 2.76. The Balaban J connectivity index is 2.31. The summed E-state index contributed by atoms with van der Waals surface area (Å²) in [5.41, 5.74) is 7.09. The van der Waals surface area contributed by atoms with Crippen molar-refractivity contribution in [2.45, 2.75) is 18.9 Å². The monoisotopic (exact) mass is 211 g/mol. The van der Waals surface area contributed by atoms with Crippen LogP contribution in [0, 0.1) is 5.92 Å². The standard InChI is InChI=1S/C11H14ClNO/c1-14-9-4-2-3-8(10(9)12)11(13)7-5-6-7/h2-4,7,11H,5-6,13H2,1H3. The maximum atomic E-state index is 6.17. The van der Waals surface area contributed by atoms with Crippen LogP contribution in [0.15, 0.2) is 18.2 Å². The van der Waals surface area contributed by atoms with Gasteiger partial charge >= 0.3 is 0 Å². The number of halogens is 1. The van der Waals surface area contributed by atoms with Crippen molar-refractivity contribution in [2.24, 2.45) is 11.7 Å². The van der Waals surface area contributed by atoms with E-state index in [1.54, 1.807) is 7.11 Å². The number of hydrogen-bond donors (Lipinski definition) is 1. The molecule has 76 valence electrons. The molecular weight excluding hydrogens is 198 g/mol. The lowest BCUT2D eigenvalue weighted by Gasteiger charge is -2.14. The summed E-state index contributed by atoms with van der Waals surface area (Å²) in [5, 5.41) is 0.661. The van der Waals surface area contributed by atoms with E-state index in [4.69, 9.17) is 22.1 Å². The minimum Gasteiger partial charge on any atom is -0.495 e. The number of ether oxygens (including phenoxy) is 1. The molecule has 0 spiro atoms. The molecule has 0 aliphatic heterocycles. The highest BCUT2D eigenvalue weighted by atomic mass is 35.5. The van der Waals surface area contributed by atoms with Gasteiger partial charge in [0.15, 0.2) is 0 Å². The lowest BCUT2D eigenvalue weighted by atomic mass is 10.0. The zero-order valence-corrected chi connectivity index (χ0v) is 8.92. The van der Waals surface area contributed by atoms with E-state index in [0.717, 1.165) is 5.56 Å². The normalized spacial score (nSPS) is 17.9. The molecule has 0 amide bonds. The lowest BCUT2D eigenvalue weighted by Crippen LogP contribution is -2.13. The number of methoxy groups -OCH3 is 1. The van der Waals surface area contributed by atoms with E-state index in [-0.39, 0.29) is 6.04 Å². The van der Waals surface area contributed by atoms with Crippen molar-refractivity contribution in [1.82, 2.24) is 0 Å². The van der Waals surface area contributed by atoms with Gasteiger partial charge in [-0.15, -0.1) is 0 Å². The van der Waals surface area contributed by atoms with Crippen LogP contribution in [0.1, 0.15) is 24.4 Å². The fraction of sp³-hybridized carbons (Fsp3) is 0.455. The van der Waals surface area contributed by atoms with Gasteiger partial charge in [0.2, 0.25) is 0 Å². The predicted molar refractivity (Wildman–Crippen MR) is 57.7 cm³/mol. The summed E-state index contributed by atoms with van der Waals surface area (Å²) in [7, 11) is 1.62. The molecule has 1 aromatic carbocycles. The van der Waals surface area contributed by atoms with E-state index in [0.29, 0.717) is 16.7 Å². The van der Waals surface area contributed by atoms with Crippen LogP contribution in [-0.2, 0) is 0 Å². The molecule has 2 rings (SSSR count). The van der Waals surface area contributed by atoms with Crippen LogP contribution in [0.2, 0.25) is 5.02 Å². The summed E-state index contributed by atoms with van der Waals surface area (Å²) in [6, 6.07) is 5.83. The maximum absolute atomic E-state index is 6.17. The Morgan fingerprint density at radius 2 is 2.21 bits per heavy atom. The highest BCUT2D eigenvalue weighted by Crippen LogP contribution is 2.43. The molecule has 0 radical (unpaired) electrons. The van der Waals surface area contributed by atoms with Crippen molar-refractivity contribution in [3.63, 3.8) is 0 Å². The Morgan fingerprint density at radius 1 is 1.50 bits per heavy atom. The highest BCUT2D eigenvalue weighted by Gasteiger charge is 2.31. The van der Waals surface area contributed by atoms with Crippen molar-refractivity contribution >= 4 is 11.6 Å². The second-order valence-corrected chi connectivity index (χ2v) is 4.10. The fourth-order valence-electron chi connectivity index (χ4n) is 1.65. The molecule has 3 heteroatoms. The highest BCUT2D eigenvalue weighted by molar-refractivity contribution is 6.32. The van der Waals surface area contributed by atoms with Crippen molar-refractivity contribution in [2.75, 3.05) is 7.11 Å². The van der Waals surface area contributed by atoms with Gasteiger partial charge in [-0.1, -0.05) is 23.7 Å². The minimum atomic E-state index is 0.0672.